The number of nitriles is 2. The molecule has 0 atom stereocenters. The van der Waals surface area contributed by atoms with Gasteiger partial charge in [-0.05, 0) is 72.8 Å². The number of hydrogen-bond donors (Lipinski definition) is 1. The third-order valence-electron chi connectivity index (χ3n) is 5.15. The number of halogens is 1. The molecule has 8 heteroatoms. The first-order chi connectivity index (χ1) is 17.5. The fraction of sp³-hybridized carbons (Fsp3) is 0.0714. The zero-order chi connectivity index (χ0) is 25.5. The molecule has 0 bridgehead atoms. The summed E-state index contributed by atoms with van der Waals surface area (Å²) in [6.45, 7) is 0. The summed E-state index contributed by atoms with van der Waals surface area (Å²) in [5.74, 6) is 1.04. The zero-order valence-corrected chi connectivity index (χ0v) is 21.0. The van der Waals surface area contributed by atoms with Crippen LogP contribution in [-0.4, -0.2) is 14.2 Å². The van der Waals surface area contributed by atoms with E-state index in [1.807, 2.05) is 60.7 Å². The van der Waals surface area contributed by atoms with Gasteiger partial charge in [-0.25, -0.2) is 4.39 Å². The molecule has 4 aromatic rings. The normalized spacial score (nSPS) is 10.2. The molecular formula is C28H20FN3O2S2. The van der Waals surface area contributed by atoms with Crippen molar-refractivity contribution in [3.8, 4) is 23.6 Å². The second-order valence-electron chi connectivity index (χ2n) is 7.42. The van der Waals surface area contributed by atoms with Gasteiger partial charge in [-0.2, -0.15) is 10.5 Å². The molecule has 0 fully saturated rings. The van der Waals surface area contributed by atoms with Gasteiger partial charge in [0.25, 0.3) is 0 Å². The van der Waals surface area contributed by atoms with Crippen molar-refractivity contribution in [3.05, 3.63) is 95.8 Å². The van der Waals surface area contributed by atoms with Crippen LogP contribution in [0.25, 0.3) is 0 Å². The zero-order valence-electron chi connectivity index (χ0n) is 19.4. The van der Waals surface area contributed by atoms with Crippen molar-refractivity contribution >= 4 is 34.9 Å². The molecule has 0 aliphatic carbocycles. The van der Waals surface area contributed by atoms with Crippen LogP contribution in [0.1, 0.15) is 11.1 Å². The molecule has 0 radical (unpaired) electrons. The van der Waals surface area contributed by atoms with E-state index in [9.17, 15) is 10.5 Å². The van der Waals surface area contributed by atoms with E-state index in [4.69, 9.17) is 9.47 Å². The standard InChI is InChI=1S/C28H20FN3O2S2/c1-33-20-6-10-22(11-7-20)35-27-15-19(32-26-5-3-4-18(16-30)24(26)17-31)14-25(29)28(27)36-23-12-8-21(34-2)9-13-23/h3-15,32H,1-2H3. The quantitative estimate of drug-likeness (QED) is 0.259. The molecule has 0 amide bonds. The summed E-state index contributed by atoms with van der Waals surface area (Å²) < 4.78 is 26.0. The van der Waals surface area contributed by atoms with Gasteiger partial charge in [0.05, 0.1) is 35.9 Å². The molecule has 178 valence electrons. The number of rotatable bonds is 8. The number of hydrogen-bond acceptors (Lipinski definition) is 7. The van der Waals surface area contributed by atoms with E-state index >= 15 is 4.39 Å². The minimum Gasteiger partial charge on any atom is -0.497 e. The third kappa shape index (κ3) is 5.75. The maximum absolute atomic E-state index is 15.6. The first-order valence-corrected chi connectivity index (χ1v) is 12.4. The molecule has 4 aromatic carbocycles. The largest absolute Gasteiger partial charge is 0.497 e. The number of ether oxygens (including phenoxy) is 2. The van der Waals surface area contributed by atoms with Crippen LogP contribution in [0.15, 0.2) is 98.4 Å². The van der Waals surface area contributed by atoms with Crippen molar-refractivity contribution in [1.29, 1.82) is 10.5 Å². The Bertz CT molecular complexity index is 1460. The Morgan fingerprint density at radius 2 is 1.39 bits per heavy atom. The van der Waals surface area contributed by atoms with Crippen LogP contribution >= 0.6 is 23.5 Å². The van der Waals surface area contributed by atoms with Crippen molar-refractivity contribution in [1.82, 2.24) is 0 Å². The number of methoxy groups -OCH3 is 2. The van der Waals surface area contributed by atoms with Gasteiger partial charge in [0.2, 0.25) is 0 Å². The fourth-order valence-electron chi connectivity index (χ4n) is 3.37. The Balaban J connectivity index is 1.74. The lowest BCUT2D eigenvalue weighted by molar-refractivity contribution is 0.414. The van der Waals surface area contributed by atoms with E-state index in [0.717, 1.165) is 21.3 Å². The van der Waals surface area contributed by atoms with Crippen LogP contribution in [0.3, 0.4) is 0 Å². The van der Waals surface area contributed by atoms with Crippen LogP contribution in [0.4, 0.5) is 15.8 Å². The molecule has 0 saturated carbocycles. The van der Waals surface area contributed by atoms with E-state index in [-0.39, 0.29) is 11.1 Å². The maximum atomic E-state index is 15.6. The van der Waals surface area contributed by atoms with Gasteiger partial charge in [-0.3, -0.25) is 0 Å². The van der Waals surface area contributed by atoms with Gasteiger partial charge < -0.3 is 14.8 Å². The van der Waals surface area contributed by atoms with Gasteiger partial charge in [-0.1, -0.05) is 29.6 Å². The molecule has 5 nitrogen and oxygen atoms in total. The highest BCUT2D eigenvalue weighted by molar-refractivity contribution is 8.02. The van der Waals surface area contributed by atoms with Crippen LogP contribution in [-0.2, 0) is 0 Å². The number of benzene rings is 4. The van der Waals surface area contributed by atoms with Crippen LogP contribution < -0.4 is 14.8 Å². The van der Waals surface area contributed by atoms with E-state index in [0.29, 0.717) is 21.2 Å². The maximum Gasteiger partial charge on any atom is 0.140 e. The lowest BCUT2D eigenvalue weighted by atomic mass is 10.1. The van der Waals surface area contributed by atoms with Gasteiger partial charge in [0.15, 0.2) is 0 Å². The van der Waals surface area contributed by atoms with E-state index < -0.39 is 5.82 Å². The molecule has 0 unspecified atom stereocenters. The Labute approximate surface area is 217 Å². The minimum atomic E-state index is -0.410. The minimum absolute atomic E-state index is 0.210. The number of nitrogens with one attached hydrogen (secondary N) is 1. The Morgan fingerprint density at radius 1 is 0.778 bits per heavy atom. The summed E-state index contributed by atoms with van der Waals surface area (Å²) in [5, 5.41) is 22.0. The Hall–Kier alpha value is -4.11. The second kappa shape index (κ2) is 11.5. The lowest BCUT2D eigenvalue weighted by Crippen LogP contribution is -1.98. The molecule has 36 heavy (non-hydrogen) atoms. The molecule has 0 aliphatic rings. The molecular weight excluding hydrogens is 493 g/mol. The van der Waals surface area contributed by atoms with E-state index in [1.54, 1.807) is 32.4 Å². The fourth-order valence-corrected chi connectivity index (χ4v) is 5.35. The van der Waals surface area contributed by atoms with Crippen molar-refractivity contribution in [2.45, 2.75) is 19.6 Å². The smallest absolute Gasteiger partial charge is 0.140 e. The van der Waals surface area contributed by atoms with Crippen molar-refractivity contribution in [2.24, 2.45) is 0 Å². The highest BCUT2D eigenvalue weighted by Gasteiger charge is 2.16. The van der Waals surface area contributed by atoms with E-state index in [1.165, 1.54) is 29.6 Å². The molecule has 0 heterocycles. The summed E-state index contributed by atoms with van der Waals surface area (Å²) >= 11 is 2.73. The van der Waals surface area contributed by atoms with Crippen LogP contribution in [0.2, 0.25) is 0 Å². The van der Waals surface area contributed by atoms with Crippen molar-refractivity contribution < 1.29 is 13.9 Å². The van der Waals surface area contributed by atoms with Crippen LogP contribution in [0, 0.1) is 28.5 Å². The van der Waals surface area contributed by atoms with E-state index in [2.05, 4.69) is 11.4 Å². The molecule has 0 spiro atoms. The highest BCUT2D eigenvalue weighted by atomic mass is 32.2. The van der Waals surface area contributed by atoms with Gasteiger partial charge >= 0.3 is 0 Å². The van der Waals surface area contributed by atoms with Gasteiger partial charge in [-0.15, -0.1) is 0 Å². The molecule has 0 aromatic heterocycles. The van der Waals surface area contributed by atoms with Crippen molar-refractivity contribution in [3.63, 3.8) is 0 Å². The predicted molar refractivity (Wildman–Crippen MR) is 140 cm³/mol. The van der Waals surface area contributed by atoms with Gasteiger partial charge in [0.1, 0.15) is 29.5 Å². The lowest BCUT2D eigenvalue weighted by Gasteiger charge is -2.15. The second-order valence-corrected chi connectivity index (χ2v) is 9.62. The van der Waals surface area contributed by atoms with Crippen LogP contribution in [0.5, 0.6) is 11.5 Å². The summed E-state index contributed by atoms with van der Waals surface area (Å²) in [6, 6.07) is 27.2. The summed E-state index contributed by atoms with van der Waals surface area (Å²) in [5.41, 5.74) is 1.37. The first kappa shape index (κ1) is 25.0. The average molecular weight is 514 g/mol. The number of anilines is 2. The van der Waals surface area contributed by atoms with Crippen molar-refractivity contribution in [2.75, 3.05) is 19.5 Å². The Kier molecular flexibility index (Phi) is 8.02. The summed E-state index contributed by atoms with van der Waals surface area (Å²) in [4.78, 5) is 2.94. The molecule has 0 aliphatic heterocycles. The summed E-state index contributed by atoms with van der Waals surface area (Å²) in [6.07, 6.45) is 0. The summed E-state index contributed by atoms with van der Waals surface area (Å²) in [7, 11) is 3.20. The first-order valence-electron chi connectivity index (χ1n) is 10.7. The molecule has 4 rings (SSSR count). The predicted octanol–water partition coefficient (Wildman–Crippen LogP) is 7.63. The average Bonchev–Trinajstić information content (AvgIpc) is 2.91. The topological polar surface area (TPSA) is 78.1 Å². The molecule has 1 N–H and O–H groups in total. The third-order valence-corrected chi connectivity index (χ3v) is 7.46. The highest BCUT2D eigenvalue weighted by Crippen LogP contribution is 2.43. The SMILES string of the molecule is COc1ccc(Sc2cc(Nc3cccc(C#N)c3C#N)cc(F)c2Sc2ccc(OC)cc2)cc1. The number of nitrogens with zero attached hydrogens (tertiary/aromatic N) is 2. The van der Waals surface area contributed by atoms with Gasteiger partial charge in [0, 0.05) is 20.4 Å². The molecule has 0 saturated heterocycles. The monoisotopic (exact) mass is 513 g/mol. The Morgan fingerprint density at radius 3 is 1.94 bits per heavy atom.